The minimum atomic E-state index is -2.66. The Kier molecular flexibility index (Phi) is 2.43. The van der Waals surface area contributed by atoms with E-state index in [1.54, 1.807) is 25.2 Å². The highest BCUT2D eigenvalue weighted by atomic mass is 79.9. The van der Waals surface area contributed by atoms with Gasteiger partial charge < -0.3 is 0 Å². The first-order valence-electron chi connectivity index (χ1n) is 3.78. The average Bonchev–Trinajstić information content (AvgIpc) is 1.93. The summed E-state index contributed by atoms with van der Waals surface area (Å²) < 4.78 is 26.9. The molecule has 0 amide bonds. The Balaban J connectivity index is 2.86. The quantitative estimate of drug-likeness (QED) is 0.649. The molecular formula is C9H11BrF2. The van der Waals surface area contributed by atoms with Crippen LogP contribution < -0.4 is 0 Å². The van der Waals surface area contributed by atoms with Gasteiger partial charge >= 0.3 is 0 Å². The molecule has 3 heteroatoms. The molecule has 1 rings (SSSR count). The summed E-state index contributed by atoms with van der Waals surface area (Å²) in [6, 6.07) is 0. The monoisotopic (exact) mass is 236 g/mol. The predicted molar refractivity (Wildman–Crippen MR) is 49.5 cm³/mol. The summed E-state index contributed by atoms with van der Waals surface area (Å²) in [6.45, 7) is 2.53. The summed E-state index contributed by atoms with van der Waals surface area (Å²) in [7, 11) is 0. The SMILES string of the molecule is CC(F)(F)C1(C)C=CC(Br)=CC1. The Hall–Kier alpha value is -0.180. The molecule has 0 aromatic heterocycles. The Morgan fingerprint density at radius 3 is 2.50 bits per heavy atom. The highest BCUT2D eigenvalue weighted by molar-refractivity contribution is 9.11. The van der Waals surface area contributed by atoms with Crippen LogP contribution >= 0.6 is 15.9 Å². The number of hydrogen-bond acceptors (Lipinski definition) is 0. The molecule has 0 N–H and O–H groups in total. The van der Waals surface area contributed by atoms with E-state index in [0.717, 1.165) is 11.4 Å². The third kappa shape index (κ3) is 1.76. The zero-order valence-corrected chi connectivity index (χ0v) is 8.66. The Morgan fingerprint density at radius 1 is 1.58 bits per heavy atom. The number of allylic oxidation sites excluding steroid dienone is 4. The van der Waals surface area contributed by atoms with E-state index in [2.05, 4.69) is 15.9 Å². The minimum Gasteiger partial charge on any atom is -0.206 e. The summed E-state index contributed by atoms with van der Waals surface area (Å²) in [5, 5.41) is 0. The molecule has 1 aliphatic rings. The second kappa shape index (κ2) is 2.95. The van der Waals surface area contributed by atoms with E-state index in [0.29, 0.717) is 6.42 Å². The van der Waals surface area contributed by atoms with Crippen LogP contribution in [0.15, 0.2) is 22.7 Å². The van der Waals surface area contributed by atoms with E-state index in [-0.39, 0.29) is 0 Å². The molecule has 0 bridgehead atoms. The van der Waals surface area contributed by atoms with Crippen LogP contribution in [0.1, 0.15) is 20.3 Å². The van der Waals surface area contributed by atoms with Crippen LogP contribution in [0.2, 0.25) is 0 Å². The highest BCUT2D eigenvalue weighted by Gasteiger charge is 2.43. The van der Waals surface area contributed by atoms with Crippen LogP contribution in [0.3, 0.4) is 0 Å². The van der Waals surface area contributed by atoms with Gasteiger partial charge in [-0.05, 0) is 6.42 Å². The van der Waals surface area contributed by atoms with Gasteiger partial charge in [-0.3, -0.25) is 0 Å². The number of rotatable bonds is 1. The van der Waals surface area contributed by atoms with Gasteiger partial charge in [0.15, 0.2) is 0 Å². The summed E-state index contributed by atoms with van der Waals surface area (Å²) in [5.41, 5.74) is -1.02. The fraction of sp³-hybridized carbons (Fsp3) is 0.556. The Bertz CT molecular complexity index is 237. The molecule has 1 unspecified atom stereocenters. The van der Waals surface area contributed by atoms with Gasteiger partial charge in [0, 0.05) is 11.4 Å². The van der Waals surface area contributed by atoms with E-state index in [1.807, 2.05) is 0 Å². The zero-order valence-electron chi connectivity index (χ0n) is 7.07. The molecule has 1 aliphatic carbocycles. The van der Waals surface area contributed by atoms with Crippen molar-refractivity contribution in [2.24, 2.45) is 5.41 Å². The van der Waals surface area contributed by atoms with Crippen LogP contribution in [-0.2, 0) is 0 Å². The fourth-order valence-electron chi connectivity index (χ4n) is 1.03. The maximum atomic E-state index is 13.0. The highest BCUT2D eigenvalue weighted by Crippen LogP contribution is 2.43. The van der Waals surface area contributed by atoms with E-state index in [9.17, 15) is 8.78 Å². The maximum Gasteiger partial charge on any atom is 0.254 e. The van der Waals surface area contributed by atoms with Crippen molar-refractivity contribution in [3.05, 3.63) is 22.7 Å². The van der Waals surface area contributed by atoms with Gasteiger partial charge in [0.25, 0.3) is 5.92 Å². The number of hydrogen-bond donors (Lipinski definition) is 0. The fourth-order valence-corrected chi connectivity index (χ4v) is 1.33. The summed E-state index contributed by atoms with van der Waals surface area (Å²) >= 11 is 3.24. The molecule has 0 aromatic carbocycles. The predicted octanol–water partition coefficient (Wildman–Crippen LogP) is 3.89. The van der Waals surface area contributed by atoms with Gasteiger partial charge in [0.1, 0.15) is 0 Å². The maximum absolute atomic E-state index is 13.0. The van der Waals surface area contributed by atoms with Crippen molar-refractivity contribution in [3.63, 3.8) is 0 Å². The topological polar surface area (TPSA) is 0 Å². The largest absolute Gasteiger partial charge is 0.254 e. The normalized spacial score (nSPS) is 30.2. The third-order valence-electron chi connectivity index (χ3n) is 2.33. The molecule has 12 heavy (non-hydrogen) atoms. The Labute approximate surface area is 79.5 Å². The first kappa shape index (κ1) is 9.90. The Morgan fingerprint density at radius 2 is 2.17 bits per heavy atom. The number of halogens is 3. The van der Waals surface area contributed by atoms with Crippen molar-refractivity contribution < 1.29 is 8.78 Å². The number of alkyl halides is 2. The lowest BCUT2D eigenvalue weighted by Gasteiger charge is -2.33. The van der Waals surface area contributed by atoms with E-state index in [1.165, 1.54) is 0 Å². The van der Waals surface area contributed by atoms with E-state index < -0.39 is 11.3 Å². The molecule has 0 spiro atoms. The minimum absolute atomic E-state index is 0.383. The lowest BCUT2D eigenvalue weighted by molar-refractivity contribution is -0.0714. The van der Waals surface area contributed by atoms with Crippen LogP contribution in [0.5, 0.6) is 0 Å². The summed E-state index contributed by atoms with van der Waals surface area (Å²) in [5.74, 6) is -2.66. The van der Waals surface area contributed by atoms with Gasteiger partial charge in [0.2, 0.25) is 0 Å². The average molecular weight is 237 g/mol. The molecule has 0 heterocycles. The lowest BCUT2D eigenvalue weighted by Crippen LogP contribution is -2.34. The smallest absolute Gasteiger partial charge is 0.206 e. The van der Waals surface area contributed by atoms with Crippen LogP contribution in [0, 0.1) is 5.41 Å². The lowest BCUT2D eigenvalue weighted by atomic mass is 9.78. The molecule has 1 atom stereocenters. The standard InChI is InChI=1S/C9H11BrF2/c1-8(9(2,11)12)5-3-7(10)4-6-8/h3-5H,6H2,1-2H3. The first-order chi connectivity index (χ1) is 5.35. The van der Waals surface area contributed by atoms with Gasteiger partial charge in [0.05, 0.1) is 5.41 Å². The van der Waals surface area contributed by atoms with Crippen molar-refractivity contribution in [2.75, 3.05) is 0 Å². The first-order valence-corrected chi connectivity index (χ1v) is 4.57. The molecule has 0 saturated heterocycles. The molecule has 0 aliphatic heterocycles. The van der Waals surface area contributed by atoms with E-state index in [4.69, 9.17) is 0 Å². The molecular weight excluding hydrogens is 226 g/mol. The van der Waals surface area contributed by atoms with E-state index >= 15 is 0 Å². The van der Waals surface area contributed by atoms with Gasteiger partial charge in [-0.25, -0.2) is 8.78 Å². The van der Waals surface area contributed by atoms with Crippen molar-refractivity contribution in [1.29, 1.82) is 0 Å². The third-order valence-corrected chi connectivity index (χ3v) is 2.92. The van der Waals surface area contributed by atoms with Crippen LogP contribution in [-0.4, -0.2) is 5.92 Å². The molecule has 0 fully saturated rings. The zero-order chi connectivity index (χ0) is 9.41. The summed E-state index contributed by atoms with van der Waals surface area (Å²) in [4.78, 5) is 0. The van der Waals surface area contributed by atoms with Crippen LogP contribution in [0.4, 0.5) is 8.78 Å². The molecule has 0 radical (unpaired) electrons. The van der Waals surface area contributed by atoms with Crippen LogP contribution in [0.25, 0.3) is 0 Å². The molecule has 0 nitrogen and oxygen atoms in total. The molecule has 68 valence electrons. The molecule has 0 saturated carbocycles. The van der Waals surface area contributed by atoms with Gasteiger partial charge in [-0.2, -0.15) is 0 Å². The van der Waals surface area contributed by atoms with Gasteiger partial charge in [-0.15, -0.1) is 0 Å². The van der Waals surface area contributed by atoms with Crippen molar-refractivity contribution in [3.8, 4) is 0 Å². The molecule has 0 aromatic rings. The summed E-state index contributed by atoms with van der Waals surface area (Å²) in [6.07, 6.45) is 5.41. The van der Waals surface area contributed by atoms with Crippen molar-refractivity contribution in [2.45, 2.75) is 26.2 Å². The second-order valence-corrected chi connectivity index (χ2v) is 4.35. The van der Waals surface area contributed by atoms with Crippen molar-refractivity contribution >= 4 is 15.9 Å². The van der Waals surface area contributed by atoms with Crippen molar-refractivity contribution in [1.82, 2.24) is 0 Å². The van der Waals surface area contributed by atoms with Gasteiger partial charge in [-0.1, -0.05) is 41.1 Å². The second-order valence-electron chi connectivity index (χ2n) is 3.43.